The number of nitrogens with zero attached hydrogens (tertiary/aromatic N) is 3. The normalized spacial score (nSPS) is 24.8. The van der Waals surface area contributed by atoms with Crippen LogP contribution in [0.1, 0.15) is 41.5 Å². The van der Waals surface area contributed by atoms with Crippen molar-refractivity contribution in [3.8, 4) is 0 Å². The molecule has 0 spiro atoms. The standard InChI is InChI=1S/C14H26N3P/c1-9(2)17(10(3)4)13-8-16-12(6)11(5)15(7)14(16)18-13/h9-10,13H,8H2,1-7H3. The molecule has 2 heterocycles. The van der Waals surface area contributed by atoms with Gasteiger partial charge < -0.3 is 9.80 Å². The summed E-state index contributed by atoms with van der Waals surface area (Å²) in [6, 6.07) is 1.22. The third-order valence-electron chi connectivity index (χ3n) is 4.12. The van der Waals surface area contributed by atoms with Crippen LogP contribution >= 0.6 is 8.20 Å². The van der Waals surface area contributed by atoms with Gasteiger partial charge in [0.1, 0.15) is 5.54 Å². The summed E-state index contributed by atoms with van der Waals surface area (Å²) in [6.07, 6.45) is 0. The third kappa shape index (κ3) is 2.08. The van der Waals surface area contributed by atoms with E-state index < -0.39 is 0 Å². The number of fused-ring (bicyclic) bond motifs is 1. The van der Waals surface area contributed by atoms with Crippen LogP contribution in [0.2, 0.25) is 0 Å². The van der Waals surface area contributed by atoms with E-state index in [2.05, 4.69) is 63.3 Å². The van der Waals surface area contributed by atoms with E-state index in [0.717, 1.165) is 6.54 Å². The van der Waals surface area contributed by atoms with Gasteiger partial charge in [-0.1, -0.05) is 0 Å². The van der Waals surface area contributed by atoms with Crippen LogP contribution in [0.15, 0.2) is 11.4 Å². The lowest BCUT2D eigenvalue weighted by molar-refractivity contribution is 0.150. The average molecular weight is 267 g/mol. The number of allylic oxidation sites excluding steroid dienone is 2. The van der Waals surface area contributed by atoms with Crippen LogP contribution in [0.5, 0.6) is 0 Å². The minimum Gasteiger partial charge on any atom is -0.330 e. The zero-order chi connectivity index (χ0) is 13.6. The van der Waals surface area contributed by atoms with Gasteiger partial charge in [0.25, 0.3) is 0 Å². The molecular formula is C14H26N3P. The Labute approximate surface area is 113 Å². The minimum absolute atomic E-state index is 0.610. The fourth-order valence-corrected chi connectivity index (χ4v) is 4.95. The maximum absolute atomic E-state index is 2.64. The molecule has 0 radical (unpaired) electrons. The summed E-state index contributed by atoms with van der Waals surface area (Å²) in [5.74, 6) is 0.630. The Kier molecular flexibility index (Phi) is 3.75. The quantitative estimate of drug-likeness (QED) is 0.728. The summed E-state index contributed by atoms with van der Waals surface area (Å²) in [5, 5.41) is 0. The second-order valence-electron chi connectivity index (χ2n) is 5.88. The molecule has 2 rings (SSSR count). The molecule has 0 N–H and O–H groups in total. The van der Waals surface area contributed by atoms with Gasteiger partial charge in [-0.05, 0) is 49.7 Å². The largest absolute Gasteiger partial charge is 0.330 e. The molecule has 4 heteroatoms. The van der Waals surface area contributed by atoms with Crippen molar-refractivity contribution >= 4 is 13.7 Å². The first kappa shape index (κ1) is 13.9. The van der Waals surface area contributed by atoms with Crippen molar-refractivity contribution in [3.05, 3.63) is 11.4 Å². The van der Waals surface area contributed by atoms with Gasteiger partial charge in [-0.15, -0.1) is 0 Å². The SMILES string of the molecule is CC1=C(C)N2CC(N(C(C)C)C(C)C)P=C2N1C. The average Bonchev–Trinajstić information content (AvgIpc) is 2.76. The maximum Gasteiger partial charge on any atom is 0.137 e. The molecule has 2 aliphatic heterocycles. The Morgan fingerprint density at radius 2 is 1.67 bits per heavy atom. The lowest BCUT2D eigenvalue weighted by Gasteiger charge is -2.35. The van der Waals surface area contributed by atoms with E-state index in [4.69, 9.17) is 0 Å². The summed E-state index contributed by atoms with van der Waals surface area (Å²) in [4.78, 5) is 7.50. The van der Waals surface area contributed by atoms with Crippen LogP contribution in [0.25, 0.3) is 0 Å². The molecule has 0 aromatic heterocycles. The predicted molar refractivity (Wildman–Crippen MR) is 80.7 cm³/mol. The third-order valence-corrected chi connectivity index (χ3v) is 5.62. The van der Waals surface area contributed by atoms with Gasteiger partial charge in [-0.2, -0.15) is 0 Å². The predicted octanol–water partition coefficient (Wildman–Crippen LogP) is 2.98. The van der Waals surface area contributed by atoms with Gasteiger partial charge in [-0.25, -0.2) is 0 Å². The van der Waals surface area contributed by atoms with Crippen molar-refractivity contribution < 1.29 is 0 Å². The molecule has 0 aliphatic carbocycles. The smallest absolute Gasteiger partial charge is 0.137 e. The zero-order valence-electron chi connectivity index (χ0n) is 12.7. The second kappa shape index (κ2) is 4.86. The molecule has 0 fully saturated rings. The molecule has 1 unspecified atom stereocenters. The lowest BCUT2D eigenvalue weighted by Crippen LogP contribution is -2.45. The lowest BCUT2D eigenvalue weighted by atomic mass is 10.2. The first-order valence-electron chi connectivity index (χ1n) is 6.88. The Morgan fingerprint density at radius 1 is 1.11 bits per heavy atom. The highest BCUT2D eigenvalue weighted by atomic mass is 31.1. The van der Waals surface area contributed by atoms with E-state index >= 15 is 0 Å². The van der Waals surface area contributed by atoms with Crippen LogP contribution in [-0.4, -0.2) is 51.7 Å². The number of rotatable bonds is 3. The monoisotopic (exact) mass is 267 g/mol. The Hall–Kier alpha value is -0.530. The van der Waals surface area contributed by atoms with Crippen molar-refractivity contribution in [2.75, 3.05) is 13.6 Å². The highest BCUT2D eigenvalue weighted by molar-refractivity contribution is 7.41. The van der Waals surface area contributed by atoms with Crippen LogP contribution in [0.4, 0.5) is 0 Å². The van der Waals surface area contributed by atoms with E-state index in [0.29, 0.717) is 17.9 Å². The maximum atomic E-state index is 2.64. The van der Waals surface area contributed by atoms with Crippen molar-refractivity contribution in [2.24, 2.45) is 0 Å². The van der Waals surface area contributed by atoms with E-state index in [1.807, 2.05) is 0 Å². The van der Waals surface area contributed by atoms with Gasteiger partial charge in [-0.3, -0.25) is 4.90 Å². The van der Waals surface area contributed by atoms with Crippen molar-refractivity contribution in [3.63, 3.8) is 0 Å². The first-order valence-corrected chi connectivity index (χ1v) is 7.85. The molecule has 0 amide bonds. The van der Waals surface area contributed by atoms with E-state index in [1.54, 1.807) is 0 Å². The topological polar surface area (TPSA) is 9.72 Å². The molecule has 3 nitrogen and oxygen atoms in total. The summed E-state index contributed by atoms with van der Waals surface area (Å²) in [6.45, 7) is 14.8. The van der Waals surface area contributed by atoms with E-state index in [1.165, 1.54) is 25.1 Å². The molecule has 102 valence electrons. The molecule has 0 saturated heterocycles. The van der Waals surface area contributed by atoms with Gasteiger partial charge >= 0.3 is 0 Å². The van der Waals surface area contributed by atoms with Crippen molar-refractivity contribution in [2.45, 2.75) is 59.4 Å². The van der Waals surface area contributed by atoms with Crippen LogP contribution in [0, 0.1) is 0 Å². The zero-order valence-corrected chi connectivity index (χ0v) is 13.6. The minimum atomic E-state index is 0.610. The number of hydrogen-bond acceptors (Lipinski definition) is 3. The summed E-state index contributed by atoms with van der Waals surface area (Å²) in [5.41, 5.74) is 4.29. The first-order chi connectivity index (χ1) is 8.34. The van der Waals surface area contributed by atoms with Crippen LogP contribution in [0.3, 0.4) is 0 Å². The molecule has 0 bridgehead atoms. The van der Waals surface area contributed by atoms with Gasteiger partial charge in [0.2, 0.25) is 0 Å². The van der Waals surface area contributed by atoms with Crippen molar-refractivity contribution in [1.29, 1.82) is 0 Å². The fraction of sp³-hybridized carbons (Fsp3) is 0.786. The Bertz CT molecular complexity index is 390. The Balaban J connectivity index is 2.22. The molecule has 18 heavy (non-hydrogen) atoms. The summed E-state index contributed by atoms with van der Waals surface area (Å²) in [7, 11) is 3.65. The summed E-state index contributed by atoms with van der Waals surface area (Å²) < 4.78 is 0. The van der Waals surface area contributed by atoms with Crippen LogP contribution in [-0.2, 0) is 0 Å². The van der Waals surface area contributed by atoms with Gasteiger partial charge in [0, 0.05) is 37.1 Å². The van der Waals surface area contributed by atoms with Gasteiger partial charge in [0.15, 0.2) is 0 Å². The molecule has 0 aromatic carbocycles. The Morgan fingerprint density at radius 3 is 2.11 bits per heavy atom. The van der Waals surface area contributed by atoms with Gasteiger partial charge in [0.05, 0.1) is 5.78 Å². The summed E-state index contributed by atoms with van der Waals surface area (Å²) >= 11 is 0. The van der Waals surface area contributed by atoms with E-state index in [-0.39, 0.29) is 0 Å². The van der Waals surface area contributed by atoms with Crippen LogP contribution < -0.4 is 0 Å². The number of hydrogen-bond donors (Lipinski definition) is 0. The molecule has 0 saturated carbocycles. The van der Waals surface area contributed by atoms with Crippen molar-refractivity contribution in [1.82, 2.24) is 14.7 Å². The van der Waals surface area contributed by atoms with E-state index in [9.17, 15) is 0 Å². The molecule has 2 aliphatic rings. The molecule has 1 atom stereocenters. The molecular weight excluding hydrogens is 241 g/mol. The second-order valence-corrected chi connectivity index (χ2v) is 7.14. The highest BCUT2D eigenvalue weighted by Crippen LogP contribution is 2.37. The fourth-order valence-electron chi connectivity index (χ4n) is 3.08. The highest BCUT2D eigenvalue weighted by Gasteiger charge is 2.37. The molecule has 0 aromatic rings.